The number of hydrogen-bond donors (Lipinski definition) is 0. The summed E-state index contributed by atoms with van der Waals surface area (Å²) < 4.78 is 6.93. The lowest BCUT2D eigenvalue weighted by Gasteiger charge is -2.10. The first-order valence-corrected chi connectivity index (χ1v) is 42.1. The Morgan fingerprint density at radius 1 is 0.140 bits per heavy atom. The van der Waals surface area contributed by atoms with E-state index in [2.05, 4.69) is 272 Å². The molecule has 24 aromatic rings. The summed E-state index contributed by atoms with van der Waals surface area (Å²) in [6, 6.07) is 125. The molecule has 0 atom stereocenters. The summed E-state index contributed by atoms with van der Waals surface area (Å²) >= 11 is 0. The minimum absolute atomic E-state index is 0.391. The van der Waals surface area contributed by atoms with Gasteiger partial charge in [0, 0.05) is 145 Å². The normalized spacial score (nSPS) is 11.3. The van der Waals surface area contributed by atoms with E-state index in [1.807, 2.05) is 189 Å². The van der Waals surface area contributed by atoms with Crippen LogP contribution < -0.4 is 0 Å². The van der Waals surface area contributed by atoms with Crippen LogP contribution in [-0.4, -0.2) is 93.4 Å². The van der Waals surface area contributed by atoms with Crippen LogP contribution in [0.3, 0.4) is 0 Å². The standard InChI is InChI=1S/2C37H24N6.C36H23N7/c1-3-13-35-29(9-1)30-10-2-4-14-36(30)43(35)28-17-15-25(16-18-28)27-23-40-37(41-24-27)26-21-33(31-11-5-7-19-38-31)42-34(22-26)32-12-6-8-20-39-32;1-2-10-26(11-3-1)36-41-32(31-14-8-9-21-38-31)22-33(42-36)37-39-23-27(24-40-37)25-17-19-28(20-18-25)43-34-15-6-4-12-29(34)30-13-5-7-16-35(30)43;1-2-10-25(11-3-1)33-40-34(30-14-8-9-21-37-30)42-36(41-33)35-38-22-26(23-39-35)24-17-19-27(20-18-24)43-31-15-6-4-12-28(31)29-13-5-7-16-32(29)43/h2*1-24H;1-23H. The number of benzene rings is 11. The minimum atomic E-state index is 0.391. The van der Waals surface area contributed by atoms with Crippen LogP contribution in [0.25, 0.3) is 219 Å². The van der Waals surface area contributed by atoms with Crippen LogP contribution in [0.4, 0.5) is 0 Å². The van der Waals surface area contributed by atoms with E-state index in [0.29, 0.717) is 52.2 Å². The third-order valence-electron chi connectivity index (χ3n) is 22.7. The molecular weight excluding hydrogens is 1590 g/mol. The monoisotopic (exact) mass is 1660 g/mol. The number of hydrogen-bond acceptors (Lipinski definition) is 16. The Labute approximate surface area is 739 Å². The van der Waals surface area contributed by atoms with Crippen LogP contribution in [0.5, 0.6) is 0 Å². The molecule has 0 aliphatic carbocycles. The molecule has 0 spiro atoms. The molecule has 19 heteroatoms. The van der Waals surface area contributed by atoms with E-state index in [9.17, 15) is 0 Å². The molecule has 24 rings (SSSR count). The van der Waals surface area contributed by atoms with Gasteiger partial charge >= 0.3 is 0 Å². The zero-order valence-corrected chi connectivity index (χ0v) is 69.0. The number of para-hydroxylation sites is 6. The molecule has 606 valence electrons. The average Bonchev–Trinajstić information content (AvgIpc) is 1.60. The molecule has 0 N–H and O–H groups in total. The Bertz CT molecular complexity index is 7060. The van der Waals surface area contributed by atoms with Crippen LogP contribution in [0.2, 0.25) is 0 Å². The second kappa shape index (κ2) is 34.3. The van der Waals surface area contributed by atoms with Gasteiger partial charge in [-0.05, 0) is 156 Å². The van der Waals surface area contributed by atoms with Crippen molar-refractivity contribution in [3.8, 4) is 153 Å². The van der Waals surface area contributed by atoms with Gasteiger partial charge in [0.05, 0.1) is 67.3 Å². The van der Waals surface area contributed by atoms with E-state index in [0.717, 1.165) is 101 Å². The van der Waals surface area contributed by atoms with Gasteiger partial charge in [-0.15, -0.1) is 0 Å². The predicted molar refractivity (Wildman–Crippen MR) is 512 cm³/mol. The molecule has 0 amide bonds. The van der Waals surface area contributed by atoms with E-state index in [1.54, 1.807) is 24.8 Å². The van der Waals surface area contributed by atoms with Crippen molar-refractivity contribution in [1.29, 1.82) is 0 Å². The number of aromatic nitrogens is 19. The minimum Gasteiger partial charge on any atom is -0.309 e. The molecule has 0 aliphatic rings. The summed E-state index contributed by atoms with van der Waals surface area (Å²) in [4.78, 5) is 74.8. The Morgan fingerprint density at radius 3 is 0.767 bits per heavy atom. The molecule has 19 nitrogen and oxygen atoms in total. The zero-order valence-electron chi connectivity index (χ0n) is 69.0. The number of pyridine rings is 5. The van der Waals surface area contributed by atoms with Gasteiger partial charge in [0.2, 0.25) is 5.82 Å². The second-order valence-corrected chi connectivity index (χ2v) is 30.6. The zero-order chi connectivity index (χ0) is 85.8. The fraction of sp³-hybridized carbons (Fsp3) is 0. The first kappa shape index (κ1) is 77.0. The molecule has 0 bridgehead atoms. The van der Waals surface area contributed by atoms with Crippen LogP contribution in [0.1, 0.15) is 0 Å². The second-order valence-electron chi connectivity index (χ2n) is 30.6. The van der Waals surface area contributed by atoms with Crippen molar-refractivity contribution in [1.82, 2.24) is 93.4 Å². The van der Waals surface area contributed by atoms with Crippen molar-refractivity contribution in [3.05, 3.63) is 432 Å². The van der Waals surface area contributed by atoms with Gasteiger partial charge in [-0.3, -0.25) is 19.9 Å². The Hall–Kier alpha value is -18.1. The number of rotatable bonds is 15. The number of nitrogens with zero attached hydrogens (tertiary/aromatic N) is 19. The number of fused-ring (bicyclic) bond motifs is 9. The SMILES string of the molecule is c1ccc(-c2cc(-c3ncc(-c4ccc(-n5c6ccccc6c6ccccc65)cc4)cn3)cc(-c3ccccn3)n2)nc1.c1ccc(-c2nc(-c3ccccn3)cc(-c3ncc(-c4ccc(-n5c6ccccc6c6ccccc65)cc4)cn3)n2)cc1.c1ccc(-c2nc(-c3ccccn3)nc(-c3ncc(-c4ccc(-n5c6ccccc6c6ccccc65)cc4)cn3)n2)cc1. The maximum Gasteiger partial charge on any atom is 0.201 e. The largest absolute Gasteiger partial charge is 0.309 e. The fourth-order valence-electron chi connectivity index (χ4n) is 16.5. The van der Waals surface area contributed by atoms with Crippen molar-refractivity contribution in [2.45, 2.75) is 0 Å². The Balaban J connectivity index is 0.000000114. The van der Waals surface area contributed by atoms with Gasteiger partial charge in [0.1, 0.15) is 11.4 Å². The molecule has 0 fully saturated rings. The maximum absolute atomic E-state index is 4.85. The smallest absolute Gasteiger partial charge is 0.201 e. The summed E-state index contributed by atoms with van der Waals surface area (Å²) in [5, 5.41) is 7.48. The van der Waals surface area contributed by atoms with E-state index in [-0.39, 0.29) is 0 Å². The van der Waals surface area contributed by atoms with Gasteiger partial charge in [0.15, 0.2) is 34.9 Å². The highest BCUT2D eigenvalue weighted by Crippen LogP contribution is 2.39. The maximum atomic E-state index is 4.85. The molecule has 13 aromatic heterocycles. The molecule has 0 saturated carbocycles. The van der Waals surface area contributed by atoms with Crippen molar-refractivity contribution in [2.75, 3.05) is 0 Å². The van der Waals surface area contributed by atoms with Crippen LogP contribution >= 0.6 is 0 Å². The lowest BCUT2D eigenvalue weighted by molar-refractivity contribution is 1.02. The van der Waals surface area contributed by atoms with Gasteiger partial charge < -0.3 is 13.7 Å². The highest BCUT2D eigenvalue weighted by Gasteiger charge is 2.21. The molecule has 0 radical (unpaired) electrons. The van der Waals surface area contributed by atoms with E-state index >= 15 is 0 Å². The van der Waals surface area contributed by atoms with E-state index in [4.69, 9.17) is 39.9 Å². The molecule has 11 aromatic carbocycles. The van der Waals surface area contributed by atoms with Crippen LogP contribution in [0, 0.1) is 0 Å². The summed E-state index contributed by atoms with van der Waals surface area (Å²) in [6.45, 7) is 0. The van der Waals surface area contributed by atoms with E-state index < -0.39 is 0 Å². The van der Waals surface area contributed by atoms with Crippen molar-refractivity contribution < 1.29 is 0 Å². The first-order chi connectivity index (χ1) is 63.9. The van der Waals surface area contributed by atoms with Gasteiger partial charge in [-0.25, -0.2) is 59.8 Å². The quantitative estimate of drug-likeness (QED) is 0.0931. The summed E-state index contributed by atoms with van der Waals surface area (Å²) in [5.74, 6) is 3.57. The molecule has 129 heavy (non-hydrogen) atoms. The molecule has 13 heterocycles. The summed E-state index contributed by atoms with van der Waals surface area (Å²) in [5.41, 5.74) is 24.8. The average molecular weight is 1660 g/mol. The van der Waals surface area contributed by atoms with Crippen LogP contribution in [0.15, 0.2) is 432 Å². The third kappa shape index (κ3) is 15.4. The first-order valence-electron chi connectivity index (χ1n) is 42.1. The Kier molecular flexibility index (Phi) is 20.5. The van der Waals surface area contributed by atoms with Crippen molar-refractivity contribution in [2.24, 2.45) is 0 Å². The predicted octanol–water partition coefficient (Wildman–Crippen LogP) is 24.7. The van der Waals surface area contributed by atoms with Crippen molar-refractivity contribution in [3.63, 3.8) is 0 Å². The van der Waals surface area contributed by atoms with Crippen molar-refractivity contribution >= 4 is 65.4 Å². The lowest BCUT2D eigenvalue weighted by atomic mass is 10.1. The molecule has 0 saturated heterocycles. The van der Waals surface area contributed by atoms with Gasteiger partial charge in [-0.2, -0.15) is 0 Å². The van der Waals surface area contributed by atoms with Gasteiger partial charge in [-0.1, -0.05) is 231 Å². The fourth-order valence-corrected chi connectivity index (χ4v) is 16.5. The topological polar surface area (TPSA) is 221 Å². The van der Waals surface area contributed by atoms with Crippen LogP contribution in [-0.2, 0) is 0 Å². The van der Waals surface area contributed by atoms with Gasteiger partial charge in [0.25, 0.3) is 0 Å². The molecule has 0 unspecified atom stereocenters. The summed E-state index contributed by atoms with van der Waals surface area (Å²) in [6.07, 6.45) is 18.1. The molecule has 0 aliphatic heterocycles. The van der Waals surface area contributed by atoms with E-state index in [1.165, 1.54) is 65.4 Å². The third-order valence-corrected chi connectivity index (χ3v) is 22.7. The summed E-state index contributed by atoms with van der Waals surface area (Å²) in [7, 11) is 0. The highest BCUT2D eigenvalue weighted by molar-refractivity contribution is 6.11. The highest BCUT2D eigenvalue weighted by atomic mass is 15.1. The Morgan fingerprint density at radius 2 is 0.419 bits per heavy atom. The lowest BCUT2D eigenvalue weighted by Crippen LogP contribution is -2.03. The molecular formula is C110H71N19.